The summed E-state index contributed by atoms with van der Waals surface area (Å²) in [7, 11) is 0. The highest BCUT2D eigenvalue weighted by atomic mass is 16.5. The first-order valence-electron chi connectivity index (χ1n) is 7.32. The highest BCUT2D eigenvalue weighted by Gasteiger charge is 2.08. The van der Waals surface area contributed by atoms with Crippen molar-refractivity contribution in [3.05, 3.63) is 71.3 Å². The Hall–Kier alpha value is -2.88. The first-order valence-corrected chi connectivity index (χ1v) is 7.32. The molecule has 0 spiro atoms. The maximum Gasteiger partial charge on any atom is 0.338 e. The van der Waals surface area contributed by atoms with E-state index >= 15 is 0 Å². The van der Waals surface area contributed by atoms with Gasteiger partial charge in [0.2, 0.25) is 0 Å². The second kappa shape index (κ2) is 7.94. The molecule has 0 aliphatic rings. The summed E-state index contributed by atoms with van der Waals surface area (Å²) in [4.78, 5) is 23.5. The van der Waals surface area contributed by atoms with Crippen molar-refractivity contribution in [2.45, 2.75) is 13.8 Å². The van der Waals surface area contributed by atoms with E-state index in [9.17, 15) is 9.59 Å². The van der Waals surface area contributed by atoms with Crippen LogP contribution >= 0.6 is 0 Å². The summed E-state index contributed by atoms with van der Waals surface area (Å²) in [6.45, 7) is 4.03. The van der Waals surface area contributed by atoms with Crippen molar-refractivity contribution in [3.8, 4) is 5.75 Å². The minimum atomic E-state index is -0.508. The summed E-state index contributed by atoms with van der Waals surface area (Å²) in [6.07, 6.45) is 3.03. The number of ether oxygens (including phenoxy) is 2. The van der Waals surface area contributed by atoms with Gasteiger partial charge in [-0.3, -0.25) is 0 Å². The van der Waals surface area contributed by atoms with Crippen molar-refractivity contribution >= 4 is 18.0 Å². The van der Waals surface area contributed by atoms with Crippen LogP contribution in [0.3, 0.4) is 0 Å². The molecule has 0 heterocycles. The van der Waals surface area contributed by atoms with E-state index in [1.807, 2.05) is 31.2 Å². The number of esters is 2. The molecule has 2 aromatic rings. The zero-order valence-corrected chi connectivity index (χ0v) is 13.1. The Morgan fingerprint density at radius 2 is 1.83 bits per heavy atom. The van der Waals surface area contributed by atoms with Gasteiger partial charge in [-0.1, -0.05) is 35.9 Å². The van der Waals surface area contributed by atoms with Gasteiger partial charge >= 0.3 is 11.9 Å². The maximum absolute atomic E-state index is 11.8. The summed E-state index contributed by atoms with van der Waals surface area (Å²) in [6, 6.07) is 14.1. The summed E-state index contributed by atoms with van der Waals surface area (Å²) < 4.78 is 10.1. The molecule has 0 atom stereocenters. The van der Waals surface area contributed by atoms with Crippen LogP contribution < -0.4 is 4.74 Å². The quantitative estimate of drug-likeness (QED) is 0.479. The van der Waals surface area contributed by atoms with Crippen LogP contribution in [-0.4, -0.2) is 18.5 Å². The molecular formula is C19H18O4. The lowest BCUT2D eigenvalue weighted by atomic mass is 10.1. The summed E-state index contributed by atoms with van der Waals surface area (Å²) in [5.41, 5.74) is 2.41. The van der Waals surface area contributed by atoms with Gasteiger partial charge in [0, 0.05) is 6.08 Å². The molecule has 0 amide bonds. The van der Waals surface area contributed by atoms with E-state index in [0.29, 0.717) is 17.9 Å². The number of aryl methyl sites for hydroxylation is 1. The Morgan fingerprint density at radius 1 is 1.09 bits per heavy atom. The van der Waals surface area contributed by atoms with Crippen LogP contribution in [0.25, 0.3) is 6.08 Å². The Kier molecular flexibility index (Phi) is 5.69. The lowest BCUT2D eigenvalue weighted by Gasteiger charge is -2.04. The molecule has 0 aliphatic carbocycles. The minimum absolute atomic E-state index is 0.294. The summed E-state index contributed by atoms with van der Waals surface area (Å²) in [5, 5.41) is 0. The molecule has 2 rings (SSSR count). The molecule has 0 fully saturated rings. The highest BCUT2D eigenvalue weighted by Crippen LogP contribution is 2.15. The van der Waals surface area contributed by atoms with Crippen molar-refractivity contribution in [1.82, 2.24) is 0 Å². The van der Waals surface area contributed by atoms with E-state index in [1.165, 1.54) is 12.1 Å². The summed E-state index contributed by atoms with van der Waals surface area (Å²) in [5.74, 6) is -0.652. The van der Waals surface area contributed by atoms with Crippen molar-refractivity contribution in [1.29, 1.82) is 0 Å². The van der Waals surface area contributed by atoms with Crippen LogP contribution in [0.5, 0.6) is 5.75 Å². The van der Waals surface area contributed by atoms with Gasteiger partial charge in [-0.15, -0.1) is 0 Å². The van der Waals surface area contributed by atoms with Crippen molar-refractivity contribution in [3.63, 3.8) is 0 Å². The fourth-order valence-corrected chi connectivity index (χ4v) is 1.89. The number of hydrogen-bond acceptors (Lipinski definition) is 4. The normalized spacial score (nSPS) is 10.5. The first kappa shape index (κ1) is 16.5. The van der Waals surface area contributed by atoms with Crippen LogP contribution in [0.4, 0.5) is 0 Å². The molecule has 118 valence electrons. The smallest absolute Gasteiger partial charge is 0.338 e. The Labute approximate surface area is 135 Å². The zero-order valence-electron chi connectivity index (χ0n) is 13.1. The molecule has 4 heteroatoms. The van der Waals surface area contributed by atoms with E-state index in [4.69, 9.17) is 9.47 Å². The fraction of sp³-hybridized carbons (Fsp3) is 0.158. The fourth-order valence-electron chi connectivity index (χ4n) is 1.89. The van der Waals surface area contributed by atoms with E-state index in [1.54, 1.807) is 31.2 Å². The summed E-state index contributed by atoms with van der Waals surface area (Å²) >= 11 is 0. The third-order valence-corrected chi connectivity index (χ3v) is 3.05. The number of rotatable bonds is 5. The van der Waals surface area contributed by atoms with E-state index in [-0.39, 0.29) is 0 Å². The molecule has 0 aliphatic heterocycles. The van der Waals surface area contributed by atoms with Gasteiger partial charge in [0.1, 0.15) is 5.75 Å². The van der Waals surface area contributed by atoms with Gasteiger partial charge in [0.05, 0.1) is 12.2 Å². The number of carbonyl (C=O) groups is 2. The van der Waals surface area contributed by atoms with Crippen molar-refractivity contribution in [2.75, 3.05) is 6.61 Å². The van der Waals surface area contributed by atoms with Crippen LogP contribution in [-0.2, 0) is 9.53 Å². The Morgan fingerprint density at radius 3 is 2.52 bits per heavy atom. The number of hydrogen-bond donors (Lipinski definition) is 0. The maximum atomic E-state index is 11.8. The van der Waals surface area contributed by atoms with Crippen LogP contribution in [0.15, 0.2) is 54.6 Å². The number of carbonyl (C=O) groups excluding carboxylic acids is 2. The molecule has 23 heavy (non-hydrogen) atoms. The van der Waals surface area contributed by atoms with Gasteiger partial charge in [-0.05, 0) is 43.7 Å². The molecule has 2 aromatic carbocycles. The van der Waals surface area contributed by atoms with Gasteiger partial charge in [-0.25, -0.2) is 9.59 Å². The van der Waals surface area contributed by atoms with Gasteiger partial charge in [0.15, 0.2) is 0 Å². The third kappa shape index (κ3) is 5.11. The predicted molar refractivity (Wildman–Crippen MR) is 88.2 cm³/mol. The number of benzene rings is 2. The van der Waals surface area contributed by atoms with Crippen LogP contribution in [0.2, 0.25) is 0 Å². The van der Waals surface area contributed by atoms with Gasteiger partial charge < -0.3 is 9.47 Å². The van der Waals surface area contributed by atoms with Crippen molar-refractivity contribution < 1.29 is 19.1 Å². The molecule has 0 saturated heterocycles. The van der Waals surface area contributed by atoms with Gasteiger partial charge in [-0.2, -0.15) is 0 Å². The first-order chi connectivity index (χ1) is 11.1. The van der Waals surface area contributed by atoms with Crippen LogP contribution in [0, 0.1) is 6.92 Å². The Bertz CT molecular complexity index is 714. The van der Waals surface area contributed by atoms with Gasteiger partial charge in [0.25, 0.3) is 0 Å². The van der Waals surface area contributed by atoms with E-state index in [0.717, 1.165) is 11.1 Å². The average Bonchev–Trinajstić information content (AvgIpc) is 2.55. The molecule has 0 N–H and O–H groups in total. The monoisotopic (exact) mass is 310 g/mol. The Balaban J connectivity index is 2.01. The van der Waals surface area contributed by atoms with E-state index < -0.39 is 11.9 Å². The molecule has 0 unspecified atom stereocenters. The second-order valence-corrected chi connectivity index (χ2v) is 4.91. The van der Waals surface area contributed by atoms with E-state index in [2.05, 4.69) is 0 Å². The standard InChI is InChI=1S/C19H18O4/c1-3-22-19(21)16-5-4-6-17(13-16)23-18(20)12-11-15-9-7-14(2)8-10-15/h4-13H,3H2,1-2H3/b12-11+. The van der Waals surface area contributed by atoms with Crippen LogP contribution in [0.1, 0.15) is 28.4 Å². The highest BCUT2D eigenvalue weighted by molar-refractivity contribution is 5.91. The lowest BCUT2D eigenvalue weighted by molar-refractivity contribution is -0.128. The topological polar surface area (TPSA) is 52.6 Å². The van der Waals surface area contributed by atoms with Crippen molar-refractivity contribution in [2.24, 2.45) is 0 Å². The minimum Gasteiger partial charge on any atom is -0.462 e. The molecule has 0 bridgehead atoms. The largest absolute Gasteiger partial charge is 0.462 e. The SMILES string of the molecule is CCOC(=O)c1cccc(OC(=O)/C=C/c2ccc(C)cc2)c1. The molecule has 4 nitrogen and oxygen atoms in total. The molecular weight excluding hydrogens is 292 g/mol. The zero-order chi connectivity index (χ0) is 16.7. The molecule has 0 radical (unpaired) electrons. The predicted octanol–water partition coefficient (Wildman–Crippen LogP) is 3.79. The lowest BCUT2D eigenvalue weighted by Crippen LogP contribution is -2.07. The average molecular weight is 310 g/mol. The molecule has 0 saturated carbocycles. The molecule has 0 aromatic heterocycles. The second-order valence-electron chi connectivity index (χ2n) is 4.91. The third-order valence-electron chi connectivity index (χ3n) is 3.05.